The normalized spacial score (nSPS) is 10.8. The number of hydrogen-bond donors (Lipinski definition) is 1. The monoisotopic (exact) mass is 259 g/mol. The van der Waals surface area contributed by atoms with Crippen LogP contribution in [0, 0.1) is 4.91 Å². The highest BCUT2D eigenvalue weighted by molar-refractivity contribution is 5.84. The molecule has 0 saturated carbocycles. The van der Waals surface area contributed by atoms with Gasteiger partial charge < -0.3 is 9.94 Å². The average Bonchev–Trinajstić information content (AvgIpc) is 2.33. The summed E-state index contributed by atoms with van der Waals surface area (Å²) in [6, 6.07) is 0. The van der Waals surface area contributed by atoms with E-state index in [1.807, 2.05) is 6.92 Å². The second-order valence-electron chi connectivity index (χ2n) is 4.15. The van der Waals surface area contributed by atoms with Crippen LogP contribution in [0.3, 0.4) is 0 Å². The van der Waals surface area contributed by atoms with Gasteiger partial charge in [0, 0.05) is 5.57 Å². The number of aliphatic carboxylic acids is 1. The summed E-state index contributed by atoms with van der Waals surface area (Å²) in [5, 5.41) is 10.3. The van der Waals surface area contributed by atoms with Gasteiger partial charge in [-0.1, -0.05) is 39.7 Å². The molecule has 0 aliphatic rings. The number of carbonyl (C=O) groups is 1. The number of carboxylic acids is 1. The summed E-state index contributed by atoms with van der Waals surface area (Å²) in [6.45, 7) is 8.79. The summed E-state index contributed by atoms with van der Waals surface area (Å²) >= 11 is 0. The lowest BCUT2D eigenvalue weighted by Crippen LogP contribution is -2.07. The maximum absolute atomic E-state index is 9.79. The van der Waals surface area contributed by atoms with E-state index in [1.165, 1.54) is 26.2 Å². The van der Waals surface area contributed by atoms with Gasteiger partial charge in [0.25, 0.3) is 0 Å². The highest BCUT2D eigenvalue weighted by Crippen LogP contribution is 2.10. The molecule has 0 heterocycles. The van der Waals surface area contributed by atoms with Crippen molar-refractivity contribution in [3.8, 4) is 0 Å². The van der Waals surface area contributed by atoms with Gasteiger partial charge in [-0.2, -0.15) is 0 Å². The maximum Gasteiger partial charge on any atom is 0.330 e. The maximum atomic E-state index is 9.79. The van der Waals surface area contributed by atoms with Crippen LogP contribution < -0.4 is 0 Å². The molecule has 1 N–H and O–H groups in total. The highest BCUT2D eigenvalue weighted by Gasteiger charge is 2.06. The van der Waals surface area contributed by atoms with E-state index in [2.05, 4.69) is 23.7 Å². The van der Waals surface area contributed by atoms with Crippen molar-refractivity contribution in [2.75, 3.05) is 0 Å². The minimum atomic E-state index is -0.935. The molecule has 0 amide bonds. The molecule has 0 aliphatic heterocycles. The van der Waals surface area contributed by atoms with Crippen LogP contribution in [0.5, 0.6) is 0 Å². The summed E-state index contributed by atoms with van der Waals surface area (Å²) in [4.78, 5) is 24.0. The van der Waals surface area contributed by atoms with Gasteiger partial charge in [0.2, 0.25) is 0 Å². The Bertz CT molecular complexity index is 229. The average molecular weight is 259 g/mol. The third-order valence-electron chi connectivity index (χ3n) is 2.39. The standard InChI is InChI=1S/C9H19NO2.C4H6O2/c1-3-5-6-7-8-9(4-2)12-10-11;1-3(2)4(5)6/h9H,3-8H2,1-2H3;1H2,2H3,(H,5,6). The van der Waals surface area contributed by atoms with Gasteiger partial charge in [0.05, 0.1) is 0 Å². The second kappa shape index (κ2) is 13.7. The Balaban J connectivity index is 0. The van der Waals surface area contributed by atoms with Gasteiger partial charge in [-0.05, 0) is 26.2 Å². The van der Waals surface area contributed by atoms with Gasteiger partial charge in [0.1, 0.15) is 6.10 Å². The second-order valence-corrected chi connectivity index (χ2v) is 4.15. The Morgan fingerprint density at radius 2 is 1.89 bits per heavy atom. The molecule has 0 saturated heterocycles. The number of rotatable bonds is 9. The molecule has 0 aromatic carbocycles. The van der Waals surface area contributed by atoms with E-state index in [0.717, 1.165) is 19.3 Å². The van der Waals surface area contributed by atoms with Crippen LogP contribution in [-0.2, 0) is 9.63 Å². The molecule has 1 atom stereocenters. The van der Waals surface area contributed by atoms with Crippen molar-refractivity contribution in [3.05, 3.63) is 17.1 Å². The summed E-state index contributed by atoms with van der Waals surface area (Å²) < 4.78 is 0. The Morgan fingerprint density at radius 3 is 2.22 bits per heavy atom. The minimum Gasteiger partial charge on any atom is -0.478 e. The highest BCUT2D eigenvalue weighted by atomic mass is 16.7. The zero-order valence-electron chi connectivity index (χ0n) is 11.6. The number of unbranched alkanes of at least 4 members (excludes halogenated alkanes) is 3. The first-order valence-electron chi connectivity index (χ1n) is 6.36. The summed E-state index contributed by atoms with van der Waals surface area (Å²) in [5.74, 6) is -0.935. The van der Waals surface area contributed by atoms with Gasteiger partial charge in [-0.25, -0.2) is 4.79 Å². The summed E-state index contributed by atoms with van der Waals surface area (Å²) in [5.41, 5.74) is 0.176. The van der Waals surface area contributed by atoms with Crippen LogP contribution >= 0.6 is 0 Å². The predicted molar refractivity (Wildman–Crippen MR) is 72.2 cm³/mol. The lowest BCUT2D eigenvalue weighted by molar-refractivity contribution is -0.132. The number of carboxylic acid groups (broad SMARTS) is 1. The van der Waals surface area contributed by atoms with E-state index in [1.54, 1.807) is 0 Å². The minimum absolute atomic E-state index is 0.0411. The zero-order chi connectivity index (χ0) is 14.4. The fourth-order valence-electron chi connectivity index (χ4n) is 1.19. The molecule has 0 spiro atoms. The van der Waals surface area contributed by atoms with E-state index < -0.39 is 5.97 Å². The number of hydrogen-bond acceptors (Lipinski definition) is 4. The summed E-state index contributed by atoms with van der Waals surface area (Å²) in [7, 11) is 0. The topological polar surface area (TPSA) is 76.0 Å². The van der Waals surface area contributed by atoms with Gasteiger partial charge >= 0.3 is 5.97 Å². The molecule has 5 nitrogen and oxygen atoms in total. The van der Waals surface area contributed by atoms with Crippen molar-refractivity contribution in [2.45, 2.75) is 65.4 Å². The van der Waals surface area contributed by atoms with E-state index in [0.29, 0.717) is 0 Å². The first-order chi connectivity index (χ1) is 8.49. The van der Waals surface area contributed by atoms with E-state index in [-0.39, 0.29) is 11.7 Å². The Hall–Kier alpha value is -1.39. The van der Waals surface area contributed by atoms with Crippen LogP contribution in [-0.4, -0.2) is 17.2 Å². The predicted octanol–water partition coefficient (Wildman–Crippen LogP) is 4.08. The first kappa shape index (κ1) is 19.0. The molecule has 18 heavy (non-hydrogen) atoms. The number of nitrogens with zero attached hydrogens (tertiary/aromatic N) is 1. The third kappa shape index (κ3) is 14.6. The largest absolute Gasteiger partial charge is 0.478 e. The molecule has 0 bridgehead atoms. The summed E-state index contributed by atoms with van der Waals surface area (Å²) in [6.07, 6.45) is 6.76. The zero-order valence-corrected chi connectivity index (χ0v) is 11.6. The van der Waals surface area contributed by atoms with Crippen molar-refractivity contribution in [2.24, 2.45) is 5.34 Å². The van der Waals surface area contributed by atoms with Crippen LogP contribution in [0.15, 0.2) is 17.5 Å². The van der Waals surface area contributed by atoms with Gasteiger partial charge in [-0.15, -0.1) is 4.91 Å². The van der Waals surface area contributed by atoms with Crippen molar-refractivity contribution in [1.29, 1.82) is 0 Å². The smallest absolute Gasteiger partial charge is 0.330 e. The molecule has 5 heteroatoms. The lowest BCUT2D eigenvalue weighted by atomic mass is 10.1. The molecule has 0 aliphatic carbocycles. The fraction of sp³-hybridized carbons (Fsp3) is 0.769. The van der Waals surface area contributed by atoms with E-state index in [9.17, 15) is 9.70 Å². The van der Waals surface area contributed by atoms with E-state index in [4.69, 9.17) is 5.11 Å². The van der Waals surface area contributed by atoms with Crippen molar-refractivity contribution in [1.82, 2.24) is 0 Å². The van der Waals surface area contributed by atoms with Crippen molar-refractivity contribution < 1.29 is 14.7 Å². The Morgan fingerprint density at radius 1 is 1.33 bits per heavy atom. The quantitative estimate of drug-likeness (QED) is 0.293. The molecule has 1 unspecified atom stereocenters. The molecule has 0 aromatic heterocycles. The third-order valence-corrected chi connectivity index (χ3v) is 2.39. The van der Waals surface area contributed by atoms with Gasteiger partial charge in [-0.3, -0.25) is 0 Å². The van der Waals surface area contributed by atoms with Gasteiger partial charge in [0.15, 0.2) is 5.34 Å². The van der Waals surface area contributed by atoms with Crippen molar-refractivity contribution >= 4 is 5.97 Å². The van der Waals surface area contributed by atoms with Crippen molar-refractivity contribution in [3.63, 3.8) is 0 Å². The Labute approximate surface area is 109 Å². The van der Waals surface area contributed by atoms with Crippen LogP contribution in [0.4, 0.5) is 0 Å². The molecule has 106 valence electrons. The van der Waals surface area contributed by atoms with Crippen LogP contribution in [0.25, 0.3) is 0 Å². The van der Waals surface area contributed by atoms with E-state index >= 15 is 0 Å². The molecule has 0 fully saturated rings. The Kier molecular flexibility index (Phi) is 14.4. The van der Waals surface area contributed by atoms with Crippen LogP contribution in [0.1, 0.15) is 59.3 Å². The SMILES string of the molecule is C=C(C)C(=O)O.CCCCCCC(CC)ON=O. The molecule has 0 radical (unpaired) electrons. The van der Waals surface area contributed by atoms with Crippen LogP contribution in [0.2, 0.25) is 0 Å². The molecule has 0 aromatic rings. The first-order valence-corrected chi connectivity index (χ1v) is 6.36. The molecule has 0 rings (SSSR count). The molecular formula is C13H25NO4. The lowest BCUT2D eigenvalue weighted by Gasteiger charge is -2.09. The molecular weight excluding hydrogens is 234 g/mol. The fourth-order valence-corrected chi connectivity index (χ4v) is 1.19.